The van der Waals surface area contributed by atoms with Crippen LogP contribution in [0.4, 0.5) is 0 Å². The molecule has 102 valence electrons. The number of rotatable bonds is 1. The van der Waals surface area contributed by atoms with E-state index >= 15 is 0 Å². The average Bonchev–Trinajstić information content (AvgIpc) is 2.84. The fourth-order valence-corrected chi connectivity index (χ4v) is 2.05. The molecular weight excluding hydrogens is 256 g/mol. The van der Waals surface area contributed by atoms with Crippen LogP contribution in [0.1, 0.15) is 32.7 Å². The number of carboxylic acid groups (broad SMARTS) is 1. The molecular formula is C16H14O4. The molecule has 0 heterocycles. The highest BCUT2D eigenvalue weighted by molar-refractivity contribution is 6.01. The predicted molar refractivity (Wildman–Crippen MR) is 74.2 cm³/mol. The second-order valence-electron chi connectivity index (χ2n) is 4.40. The van der Waals surface area contributed by atoms with E-state index in [1.807, 2.05) is 0 Å². The van der Waals surface area contributed by atoms with Crippen LogP contribution in [0.25, 0.3) is 0 Å². The SMILES string of the molecule is O=C(O)c1ccccc1.O=C1CCc2c(O)cccc21. The van der Waals surface area contributed by atoms with E-state index in [2.05, 4.69) is 0 Å². The highest BCUT2D eigenvalue weighted by Crippen LogP contribution is 2.28. The average molecular weight is 270 g/mol. The molecule has 0 saturated carbocycles. The van der Waals surface area contributed by atoms with Crippen LogP contribution in [0.5, 0.6) is 5.75 Å². The van der Waals surface area contributed by atoms with Crippen molar-refractivity contribution in [2.24, 2.45) is 0 Å². The molecule has 1 aliphatic carbocycles. The van der Waals surface area contributed by atoms with Crippen molar-refractivity contribution in [1.82, 2.24) is 0 Å². The minimum atomic E-state index is -0.879. The monoisotopic (exact) mass is 270 g/mol. The first-order chi connectivity index (χ1) is 9.59. The summed E-state index contributed by atoms with van der Waals surface area (Å²) >= 11 is 0. The number of ketones is 1. The summed E-state index contributed by atoms with van der Waals surface area (Å²) in [5.41, 5.74) is 1.85. The van der Waals surface area contributed by atoms with Gasteiger partial charge in [-0.1, -0.05) is 30.3 Å². The number of fused-ring (bicyclic) bond motifs is 1. The third-order valence-electron chi connectivity index (χ3n) is 3.07. The molecule has 2 aromatic rings. The number of benzene rings is 2. The minimum absolute atomic E-state index is 0.149. The fraction of sp³-hybridized carbons (Fsp3) is 0.125. The second kappa shape index (κ2) is 6.02. The second-order valence-corrected chi connectivity index (χ2v) is 4.40. The lowest BCUT2D eigenvalue weighted by Gasteiger charge is -1.98. The van der Waals surface area contributed by atoms with Crippen LogP contribution in [0.2, 0.25) is 0 Å². The first-order valence-electron chi connectivity index (χ1n) is 6.22. The molecule has 0 atom stereocenters. The molecule has 0 spiro atoms. The van der Waals surface area contributed by atoms with Gasteiger partial charge in [0.25, 0.3) is 0 Å². The molecule has 0 unspecified atom stereocenters. The van der Waals surface area contributed by atoms with E-state index in [9.17, 15) is 14.7 Å². The smallest absolute Gasteiger partial charge is 0.335 e. The van der Waals surface area contributed by atoms with Gasteiger partial charge in [-0.15, -0.1) is 0 Å². The van der Waals surface area contributed by atoms with Crippen LogP contribution in [0.15, 0.2) is 48.5 Å². The molecule has 3 rings (SSSR count). The Kier molecular flexibility index (Phi) is 4.15. The standard InChI is InChI=1S/C9H8O2.C7H6O2/c10-8-3-1-2-6-7(8)4-5-9(6)11;8-7(9)6-4-2-1-3-5-6/h1-3,10H,4-5H2;1-5H,(H,8,9). The van der Waals surface area contributed by atoms with Crippen molar-refractivity contribution in [2.75, 3.05) is 0 Å². The number of carboxylic acids is 1. The molecule has 0 amide bonds. The number of Topliss-reactive ketones (excluding diaryl/α,β-unsaturated/α-hetero) is 1. The quantitative estimate of drug-likeness (QED) is 0.835. The van der Waals surface area contributed by atoms with Crippen molar-refractivity contribution >= 4 is 11.8 Å². The molecule has 20 heavy (non-hydrogen) atoms. The van der Waals surface area contributed by atoms with E-state index in [4.69, 9.17) is 5.11 Å². The third-order valence-corrected chi connectivity index (χ3v) is 3.07. The summed E-state index contributed by atoms with van der Waals surface area (Å²) in [6, 6.07) is 13.4. The number of aromatic carboxylic acids is 1. The predicted octanol–water partition coefficient (Wildman–Crippen LogP) is 2.91. The summed E-state index contributed by atoms with van der Waals surface area (Å²) in [7, 11) is 0. The van der Waals surface area contributed by atoms with Crippen LogP contribution >= 0.6 is 0 Å². The third kappa shape index (κ3) is 3.03. The van der Waals surface area contributed by atoms with Crippen molar-refractivity contribution in [3.63, 3.8) is 0 Å². The van der Waals surface area contributed by atoms with Gasteiger partial charge in [-0.25, -0.2) is 4.79 Å². The zero-order valence-electron chi connectivity index (χ0n) is 10.7. The Labute approximate surface area is 116 Å². The molecule has 0 aromatic heterocycles. The summed E-state index contributed by atoms with van der Waals surface area (Å²) in [6.07, 6.45) is 1.24. The van der Waals surface area contributed by atoms with Crippen LogP contribution in [-0.2, 0) is 6.42 Å². The van der Waals surface area contributed by atoms with E-state index in [1.165, 1.54) is 0 Å². The molecule has 2 N–H and O–H groups in total. The molecule has 4 heteroatoms. The zero-order chi connectivity index (χ0) is 14.5. The zero-order valence-corrected chi connectivity index (χ0v) is 10.7. The van der Waals surface area contributed by atoms with E-state index in [0.29, 0.717) is 24.0 Å². The van der Waals surface area contributed by atoms with Crippen molar-refractivity contribution in [2.45, 2.75) is 12.8 Å². The Balaban J connectivity index is 0.000000151. The maximum atomic E-state index is 11.1. The van der Waals surface area contributed by atoms with Gasteiger partial charge >= 0.3 is 5.97 Å². The van der Waals surface area contributed by atoms with E-state index in [1.54, 1.807) is 48.5 Å². The summed E-state index contributed by atoms with van der Waals surface area (Å²) in [5.74, 6) is -0.472. The molecule has 0 radical (unpaired) electrons. The largest absolute Gasteiger partial charge is 0.508 e. The van der Waals surface area contributed by atoms with Crippen LogP contribution in [-0.4, -0.2) is 22.0 Å². The van der Waals surface area contributed by atoms with Gasteiger partial charge in [0, 0.05) is 17.5 Å². The molecule has 0 saturated heterocycles. The molecule has 4 nitrogen and oxygen atoms in total. The Morgan fingerprint density at radius 2 is 1.65 bits per heavy atom. The maximum absolute atomic E-state index is 11.1. The molecule has 0 fully saturated rings. The number of carbonyl (C=O) groups is 2. The molecule has 0 aliphatic heterocycles. The Morgan fingerprint density at radius 1 is 0.950 bits per heavy atom. The van der Waals surface area contributed by atoms with E-state index in [0.717, 1.165) is 5.56 Å². The van der Waals surface area contributed by atoms with Gasteiger partial charge in [-0.05, 0) is 24.6 Å². The number of aromatic hydroxyl groups is 1. The number of hydrogen-bond acceptors (Lipinski definition) is 3. The van der Waals surface area contributed by atoms with Crippen LogP contribution < -0.4 is 0 Å². The van der Waals surface area contributed by atoms with Crippen LogP contribution in [0, 0.1) is 0 Å². The number of phenolic OH excluding ortho intramolecular Hbond substituents is 1. The number of carbonyl (C=O) groups excluding carboxylic acids is 1. The van der Waals surface area contributed by atoms with Gasteiger partial charge in [0.15, 0.2) is 5.78 Å². The van der Waals surface area contributed by atoms with Gasteiger partial charge in [0.2, 0.25) is 0 Å². The van der Waals surface area contributed by atoms with Gasteiger partial charge in [-0.2, -0.15) is 0 Å². The minimum Gasteiger partial charge on any atom is -0.508 e. The van der Waals surface area contributed by atoms with E-state index in [-0.39, 0.29) is 11.5 Å². The highest BCUT2D eigenvalue weighted by atomic mass is 16.4. The van der Waals surface area contributed by atoms with Gasteiger partial charge in [-0.3, -0.25) is 4.79 Å². The molecule has 0 bridgehead atoms. The van der Waals surface area contributed by atoms with Crippen molar-refractivity contribution < 1.29 is 19.8 Å². The Hall–Kier alpha value is -2.62. The molecule has 1 aliphatic rings. The lowest BCUT2D eigenvalue weighted by molar-refractivity contribution is 0.0696. The topological polar surface area (TPSA) is 74.6 Å². The molecule has 2 aromatic carbocycles. The van der Waals surface area contributed by atoms with Gasteiger partial charge < -0.3 is 10.2 Å². The normalized spacial score (nSPS) is 12.3. The summed E-state index contributed by atoms with van der Waals surface area (Å²) in [4.78, 5) is 21.3. The summed E-state index contributed by atoms with van der Waals surface area (Å²) < 4.78 is 0. The lowest BCUT2D eigenvalue weighted by Crippen LogP contribution is -1.93. The van der Waals surface area contributed by atoms with Gasteiger partial charge in [0.1, 0.15) is 5.75 Å². The van der Waals surface area contributed by atoms with Gasteiger partial charge in [0.05, 0.1) is 5.56 Å². The van der Waals surface area contributed by atoms with Crippen molar-refractivity contribution in [3.05, 3.63) is 65.2 Å². The highest BCUT2D eigenvalue weighted by Gasteiger charge is 2.21. The Bertz CT molecular complexity index is 632. The maximum Gasteiger partial charge on any atom is 0.335 e. The van der Waals surface area contributed by atoms with E-state index < -0.39 is 5.97 Å². The van der Waals surface area contributed by atoms with Crippen molar-refractivity contribution in [3.8, 4) is 5.75 Å². The Morgan fingerprint density at radius 3 is 2.20 bits per heavy atom. The number of phenols is 1. The lowest BCUT2D eigenvalue weighted by atomic mass is 10.1. The summed E-state index contributed by atoms with van der Waals surface area (Å²) in [5, 5.41) is 17.7. The van der Waals surface area contributed by atoms with Crippen molar-refractivity contribution in [1.29, 1.82) is 0 Å². The first-order valence-corrected chi connectivity index (χ1v) is 6.22. The number of hydrogen-bond donors (Lipinski definition) is 2. The first kappa shape index (κ1) is 13.8. The van der Waals surface area contributed by atoms with Crippen LogP contribution in [0.3, 0.4) is 0 Å². The fourth-order valence-electron chi connectivity index (χ4n) is 2.05. The summed E-state index contributed by atoms with van der Waals surface area (Å²) in [6.45, 7) is 0.